The maximum Gasteiger partial charge on any atom is 0.255 e. The molecule has 0 saturated carbocycles. The van der Waals surface area contributed by atoms with Gasteiger partial charge in [-0.05, 0) is 52.7 Å². The van der Waals surface area contributed by atoms with Crippen LogP contribution in [0.1, 0.15) is 53.6 Å². The molecule has 0 bridgehead atoms. The van der Waals surface area contributed by atoms with Crippen molar-refractivity contribution in [2.24, 2.45) is 0 Å². The van der Waals surface area contributed by atoms with Gasteiger partial charge in [-0.3, -0.25) is 9.48 Å². The first kappa shape index (κ1) is 16.3. The van der Waals surface area contributed by atoms with Crippen molar-refractivity contribution in [1.29, 1.82) is 0 Å². The number of amides is 1. The Hall–Kier alpha value is -2.10. The van der Waals surface area contributed by atoms with E-state index in [1.807, 2.05) is 36.7 Å². The zero-order valence-electron chi connectivity index (χ0n) is 14.3. The summed E-state index contributed by atoms with van der Waals surface area (Å²) in [6.07, 6.45) is 0. The molecule has 0 aliphatic heterocycles. The molecular weight excluding hydrogens is 274 g/mol. The van der Waals surface area contributed by atoms with Gasteiger partial charge in [-0.25, -0.2) is 0 Å². The molecule has 1 aromatic heterocycles. The number of benzene rings is 1. The smallest absolute Gasteiger partial charge is 0.255 e. The standard InChI is InChI=1S/C18H25N3O/c1-12-9-7-8-10-15(12)11-19-17(22)16-13(2)20-21(14(16)3)18(4,5)6/h7-10H,11H2,1-6H3,(H,19,22). The lowest BCUT2D eigenvalue weighted by Crippen LogP contribution is -2.26. The third-order valence-corrected chi connectivity index (χ3v) is 3.85. The average molecular weight is 299 g/mol. The van der Waals surface area contributed by atoms with E-state index >= 15 is 0 Å². The predicted octanol–water partition coefficient (Wildman–Crippen LogP) is 3.49. The van der Waals surface area contributed by atoms with Gasteiger partial charge in [0.15, 0.2) is 0 Å². The van der Waals surface area contributed by atoms with Crippen LogP contribution in [0.5, 0.6) is 0 Å². The topological polar surface area (TPSA) is 46.9 Å². The first-order valence-electron chi connectivity index (χ1n) is 7.61. The average Bonchev–Trinajstić information content (AvgIpc) is 2.73. The zero-order chi connectivity index (χ0) is 16.5. The molecule has 0 radical (unpaired) electrons. The van der Waals surface area contributed by atoms with E-state index in [0.717, 1.165) is 17.0 Å². The van der Waals surface area contributed by atoms with Gasteiger partial charge >= 0.3 is 0 Å². The van der Waals surface area contributed by atoms with Crippen molar-refractivity contribution in [3.63, 3.8) is 0 Å². The number of aryl methyl sites for hydroxylation is 2. The summed E-state index contributed by atoms with van der Waals surface area (Å²) in [6.45, 7) is 12.7. The van der Waals surface area contributed by atoms with Gasteiger partial charge in [0, 0.05) is 12.2 Å². The third-order valence-electron chi connectivity index (χ3n) is 3.85. The molecule has 0 aliphatic rings. The number of nitrogens with zero attached hydrogens (tertiary/aromatic N) is 2. The summed E-state index contributed by atoms with van der Waals surface area (Å²) in [5.74, 6) is -0.0613. The summed E-state index contributed by atoms with van der Waals surface area (Å²) in [4.78, 5) is 12.5. The summed E-state index contributed by atoms with van der Waals surface area (Å²) in [5, 5.41) is 7.54. The van der Waals surface area contributed by atoms with Crippen LogP contribution in [0, 0.1) is 20.8 Å². The molecule has 0 unspecified atom stereocenters. The van der Waals surface area contributed by atoms with Gasteiger partial charge in [-0.15, -0.1) is 0 Å². The Bertz CT molecular complexity index is 693. The first-order valence-corrected chi connectivity index (χ1v) is 7.61. The second kappa shape index (κ2) is 5.95. The molecule has 4 heteroatoms. The number of nitrogens with one attached hydrogen (secondary N) is 1. The summed E-state index contributed by atoms with van der Waals surface area (Å²) in [7, 11) is 0. The molecule has 1 N–H and O–H groups in total. The fraction of sp³-hybridized carbons (Fsp3) is 0.444. The molecule has 1 aromatic carbocycles. The van der Waals surface area contributed by atoms with Crippen LogP contribution in [-0.4, -0.2) is 15.7 Å². The predicted molar refractivity (Wildman–Crippen MR) is 89.0 cm³/mol. The van der Waals surface area contributed by atoms with Gasteiger partial charge < -0.3 is 5.32 Å². The SMILES string of the molecule is Cc1ccccc1CNC(=O)c1c(C)nn(C(C)(C)C)c1C. The van der Waals surface area contributed by atoms with Crippen LogP contribution in [0.2, 0.25) is 0 Å². The van der Waals surface area contributed by atoms with E-state index in [1.165, 1.54) is 5.56 Å². The first-order chi connectivity index (χ1) is 10.2. The van der Waals surface area contributed by atoms with Crippen LogP contribution < -0.4 is 5.32 Å². The van der Waals surface area contributed by atoms with Gasteiger partial charge in [0.25, 0.3) is 5.91 Å². The van der Waals surface area contributed by atoms with E-state index in [0.29, 0.717) is 12.1 Å². The normalized spacial score (nSPS) is 11.5. The van der Waals surface area contributed by atoms with Crippen LogP contribution >= 0.6 is 0 Å². The summed E-state index contributed by atoms with van der Waals surface area (Å²) < 4.78 is 1.92. The molecular formula is C18H25N3O. The molecule has 0 saturated heterocycles. The van der Waals surface area contributed by atoms with Crippen LogP contribution in [-0.2, 0) is 12.1 Å². The quantitative estimate of drug-likeness (QED) is 0.943. The van der Waals surface area contributed by atoms with Crippen LogP contribution in [0.25, 0.3) is 0 Å². The van der Waals surface area contributed by atoms with E-state index in [-0.39, 0.29) is 11.4 Å². The van der Waals surface area contributed by atoms with Crippen molar-refractivity contribution < 1.29 is 4.79 Å². The summed E-state index contributed by atoms with van der Waals surface area (Å²) in [5.41, 5.74) is 4.55. The van der Waals surface area contributed by atoms with E-state index in [4.69, 9.17) is 0 Å². The van der Waals surface area contributed by atoms with Crippen molar-refractivity contribution in [1.82, 2.24) is 15.1 Å². The highest BCUT2D eigenvalue weighted by molar-refractivity contribution is 5.96. The fourth-order valence-corrected chi connectivity index (χ4v) is 2.70. The van der Waals surface area contributed by atoms with Crippen molar-refractivity contribution in [2.75, 3.05) is 0 Å². The Morgan fingerprint density at radius 1 is 1.18 bits per heavy atom. The maximum absolute atomic E-state index is 12.5. The lowest BCUT2D eigenvalue weighted by Gasteiger charge is -2.21. The van der Waals surface area contributed by atoms with E-state index in [1.54, 1.807) is 0 Å². The highest BCUT2D eigenvalue weighted by Crippen LogP contribution is 2.21. The minimum atomic E-state index is -0.136. The molecule has 22 heavy (non-hydrogen) atoms. The van der Waals surface area contributed by atoms with Crippen LogP contribution in [0.15, 0.2) is 24.3 Å². The Labute approximate surface area is 132 Å². The van der Waals surface area contributed by atoms with Gasteiger partial charge in [0.2, 0.25) is 0 Å². The molecule has 118 valence electrons. The van der Waals surface area contributed by atoms with Crippen LogP contribution in [0.3, 0.4) is 0 Å². The molecule has 0 spiro atoms. The fourth-order valence-electron chi connectivity index (χ4n) is 2.70. The van der Waals surface area contributed by atoms with E-state index < -0.39 is 0 Å². The molecule has 0 atom stereocenters. The van der Waals surface area contributed by atoms with Crippen LogP contribution in [0.4, 0.5) is 0 Å². The van der Waals surface area contributed by atoms with Crippen molar-refractivity contribution >= 4 is 5.91 Å². The number of rotatable bonds is 3. The molecule has 2 rings (SSSR count). The van der Waals surface area contributed by atoms with Gasteiger partial charge in [0.1, 0.15) is 0 Å². The zero-order valence-corrected chi connectivity index (χ0v) is 14.3. The summed E-state index contributed by atoms with van der Waals surface area (Å²) >= 11 is 0. The highest BCUT2D eigenvalue weighted by Gasteiger charge is 2.24. The minimum Gasteiger partial charge on any atom is -0.348 e. The van der Waals surface area contributed by atoms with Gasteiger partial charge in [-0.1, -0.05) is 24.3 Å². The molecule has 0 aliphatic carbocycles. The van der Waals surface area contributed by atoms with Crippen molar-refractivity contribution in [3.05, 3.63) is 52.3 Å². The minimum absolute atomic E-state index is 0.0613. The lowest BCUT2D eigenvalue weighted by atomic mass is 10.1. The molecule has 1 amide bonds. The second-order valence-electron chi connectivity index (χ2n) is 6.74. The molecule has 2 aromatic rings. The maximum atomic E-state index is 12.5. The number of carbonyl (C=O) groups is 1. The monoisotopic (exact) mass is 299 g/mol. The molecule has 4 nitrogen and oxygen atoms in total. The lowest BCUT2D eigenvalue weighted by molar-refractivity contribution is 0.0949. The Kier molecular flexibility index (Phi) is 4.40. The number of hydrogen-bond donors (Lipinski definition) is 1. The number of hydrogen-bond acceptors (Lipinski definition) is 2. The van der Waals surface area contributed by atoms with Gasteiger partial charge in [-0.2, -0.15) is 5.10 Å². The summed E-state index contributed by atoms with van der Waals surface area (Å²) in [6, 6.07) is 8.08. The van der Waals surface area contributed by atoms with Crippen molar-refractivity contribution in [3.8, 4) is 0 Å². The van der Waals surface area contributed by atoms with E-state index in [9.17, 15) is 4.79 Å². The molecule has 0 fully saturated rings. The largest absolute Gasteiger partial charge is 0.348 e. The third kappa shape index (κ3) is 3.21. The van der Waals surface area contributed by atoms with E-state index in [2.05, 4.69) is 44.2 Å². The number of aromatic nitrogens is 2. The molecule has 1 heterocycles. The second-order valence-corrected chi connectivity index (χ2v) is 6.74. The van der Waals surface area contributed by atoms with Gasteiger partial charge in [0.05, 0.1) is 16.8 Å². The van der Waals surface area contributed by atoms with Crippen molar-refractivity contribution in [2.45, 2.75) is 53.6 Å². The highest BCUT2D eigenvalue weighted by atomic mass is 16.1. The Balaban J connectivity index is 2.21. The Morgan fingerprint density at radius 3 is 2.36 bits per heavy atom. The Morgan fingerprint density at radius 2 is 1.82 bits per heavy atom. The number of carbonyl (C=O) groups excluding carboxylic acids is 1.